The van der Waals surface area contributed by atoms with E-state index in [1.807, 2.05) is 0 Å². The standard InChI is InChI=1S/C87H144O16P2/c1-4-7-10-13-16-19-22-25-28-31-34-37-39-40-42-45-46-49-52-55-58-61-64-67-70-73-85(90)97-76-82(88)77-99-104(93,94)100-78-83(89)79-101-105(95,96)102-81-84(103-87(92)75-72-69-66-63-60-57-54-51-48-43-36-33-30-27-24-21-18-15-12-9-6-3)80-98-86(91)74-71-68-65-62-59-56-53-50-47-44-41-38-35-32-29-26-23-20-17-14-11-8-5-2/h7,9-10,12,16-21,25-30,34-38,40,42-44,47,51,54,82-84,88-89H,4-6,8,11,13-15,22-24,31-33,39,41,45-46,48-50,52-53,55-81H2,1-3H3,(H,93,94)(H,95,96)/b10-7-,12-9-,19-16-,20-17-,21-18-,28-25-,29-26-,30-27-,37-34-,38-35-,42-40-,43-36-,47-44-,54-51-. The molecular weight excluding hydrogens is 1360 g/mol. The summed E-state index contributed by atoms with van der Waals surface area (Å²) in [6.45, 7) is 2.38. The van der Waals surface area contributed by atoms with Crippen molar-refractivity contribution in [3.8, 4) is 0 Å². The lowest BCUT2D eigenvalue weighted by molar-refractivity contribution is -0.161. The van der Waals surface area contributed by atoms with Gasteiger partial charge in [0.15, 0.2) is 6.10 Å². The Morgan fingerprint density at radius 1 is 0.276 bits per heavy atom. The summed E-state index contributed by atoms with van der Waals surface area (Å²) >= 11 is 0. The van der Waals surface area contributed by atoms with Crippen molar-refractivity contribution in [1.29, 1.82) is 0 Å². The lowest BCUT2D eigenvalue weighted by atomic mass is 10.1. The molecule has 0 rings (SSSR count). The lowest BCUT2D eigenvalue weighted by Gasteiger charge is -2.21. The maximum atomic E-state index is 13.0. The molecule has 0 aromatic carbocycles. The highest BCUT2D eigenvalue weighted by Gasteiger charge is 2.29. The number of rotatable bonds is 75. The van der Waals surface area contributed by atoms with Crippen LogP contribution in [0.1, 0.15) is 303 Å². The van der Waals surface area contributed by atoms with Crippen LogP contribution in [0.25, 0.3) is 0 Å². The van der Waals surface area contributed by atoms with Crippen LogP contribution in [0.3, 0.4) is 0 Å². The van der Waals surface area contributed by atoms with Gasteiger partial charge in [-0.15, -0.1) is 0 Å². The molecule has 0 bridgehead atoms. The molecule has 5 atom stereocenters. The number of hydrogen-bond acceptors (Lipinski definition) is 14. The molecule has 18 heteroatoms. The zero-order valence-corrected chi connectivity index (χ0v) is 67.1. The fourth-order valence-corrected chi connectivity index (χ4v) is 11.9. The van der Waals surface area contributed by atoms with Gasteiger partial charge in [-0.2, -0.15) is 0 Å². The van der Waals surface area contributed by atoms with E-state index in [1.54, 1.807) is 0 Å². The highest BCUT2D eigenvalue weighted by Crippen LogP contribution is 2.45. The van der Waals surface area contributed by atoms with Gasteiger partial charge in [0, 0.05) is 19.3 Å². The zero-order chi connectivity index (χ0) is 76.6. The lowest BCUT2D eigenvalue weighted by Crippen LogP contribution is -2.30. The van der Waals surface area contributed by atoms with Gasteiger partial charge in [0.05, 0.1) is 26.4 Å². The first-order chi connectivity index (χ1) is 51.2. The molecule has 0 saturated heterocycles. The number of allylic oxidation sites excluding steroid dienone is 28. The van der Waals surface area contributed by atoms with E-state index in [1.165, 1.54) is 51.4 Å². The number of phosphoric ester groups is 2. The summed E-state index contributed by atoms with van der Waals surface area (Å²) in [6.07, 6.45) is 99.5. The first-order valence-corrected chi connectivity index (χ1v) is 43.4. The fourth-order valence-electron chi connectivity index (χ4n) is 10.3. The quantitative estimate of drug-likeness (QED) is 0.0146. The van der Waals surface area contributed by atoms with Gasteiger partial charge in [-0.1, -0.05) is 300 Å². The maximum Gasteiger partial charge on any atom is 0.472 e. The molecule has 0 radical (unpaired) electrons. The van der Waals surface area contributed by atoms with Gasteiger partial charge < -0.3 is 34.2 Å². The third-order valence-electron chi connectivity index (χ3n) is 16.4. The van der Waals surface area contributed by atoms with Crippen LogP contribution in [0, 0.1) is 0 Å². The van der Waals surface area contributed by atoms with Crippen LogP contribution in [0.2, 0.25) is 0 Å². The van der Waals surface area contributed by atoms with Crippen LogP contribution in [0.15, 0.2) is 170 Å². The molecule has 0 fully saturated rings. The molecule has 5 unspecified atom stereocenters. The predicted octanol–water partition coefficient (Wildman–Crippen LogP) is 24.0. The number of carbonyl (C=O) groups is 3. The summed E-state index contributed by atoms with van der Waals surface area (Å²) in [5.74, 6) is -1.62. The largest absolute Gasteiger partial charge is 0.472 e. The SMILES string of the molecule is CC/C=C\C/C=C\C/C=C\C/C=C\C/C=C\CCCCCCCCCCCC(=O)OCC(O)COP(=O)(O)OCC(O)COP(=O)(O)OCC(COC(=O)CCCCCCCCC/C=C\C/C=C\C/C=C\C/C=C\CCCCC)OC(=O)CCCCCCC/C=C\C/C=C\C/C=C\C/C=C\C/C=C\CC. The van der Waals surface area contributed by atoms with Crippen LogP contribution in [-0.2, 0) is 55.8 Å². The van der Waals surface area contributed by atoms with E-state index in [0.717, 1.165) is 193 Å². The molecule has 105 heavy (non-hydrogen) atoms. The summed E-state index contributed by atoms with van der Waals surface area (Å²) in [5.41, 5.74) is 0. The fraction of sp³-hybridized carbons (Fsp3) is 0.644. The second-order valence-corrected chi connectivity index (χ2v) is 29.4. The molecule has 4 N–H and O–H groups in total. The minimum atomic E-state index is -4.95. The number of hydrogen-bond donors (Lipinski definition) is 4. The molecule has 0 aromatic rings. The average molecular weight is 1510 g/mol. The van der Waals surface area contributed by atoms with Crippen molar-refractivity contribution >= 4 is 33.6 Å². The second-order valence-electron chi connectivity index (χ2n) is 26.5. The zero-order valence-electron chi connectivity index (χ0n) is 65.3. The Kier molecular flexibility index (Phi) is 74.7. The Balaban J connectivity index is 4.72. The molecule has 0 aliphatic heterocycles. The summed E-state index contributed by atoms with van der Waals surface area (Å²) in [5, 5.41) is 20.7. The molecule has 0 saturated carbocycles. The Hall–Kier alpha value is -5.09. The summed E-state index contributed by atoms with van der Waals surface area (Å²) in [7, 11) is -9.82. The molecule has 0 aromatic heterocycles. The van der Waals surface area contributed by atoms with E-state index >= 15 is 0 Å². The number of ether oxygens (including phenoxy) is 3. The van der Waals surface area contributed by atoms with Crippen LogP contribution in [-0.4, -0.2) is 95.9 Å². The molecule has 0 aliphatic carbocycles. The van der Waals surface area contributed by atoms with E-state index in [9.17, 15) is 43.5 Å². The Morgan fingerprint density at radius 3 is 0.800 bits per heavy atom. The normalized spacial score (nSPS) is 14.8. The van der Waals surface area contributed by atoms with Crippen molar-refractivity contribution in [3.05, 3.63) is 170 Å². The minimum Gasteiger partial charge on any atom is -0.463 e. The molecule has 16 nitrogen and oxygen atoms in total. The summed E-state index contributed by atoms with van der Waals surface area (Å²) in [6, 6.07) is 0. The second kappa shape index (κ2) is 78.5. The number of phosphoric acid groups is 2. The predicted molar refractivity (Wildman–Crippen MR) is 435 cm³/mol. The number of aliphatic hydroxyl groups excluding tert-OH is 2. The van der Waals surface area contributed by atoms with Gasteiger partial charge in [0.25, 0.3) is 0 Å². The van der Waals surface area contributed by atoms with Gasteiger partial charge in [-0.3, -0.25) is 32.5 Å². The highest BCUT2D eigenvalue weighted by molar-refractivity contribution is 7.47. The molecule has 0 aliphatic rings. The monoisotopic (exact) mass is 1510 g/mol. The van der Waals surface area contributed by atoms with E-state index < -0.39 is 91.5 Å². The maximum absolute atomic E-state index is 13.0. The number of aliphatic hydroxyl groups is 2. The molecular formula is C87H144O16P2. The van der Waals surface area contributed by atoms with Crippen LogP contribution >= 0.6 is 15.6 Å². The van der Waals surface area contributed by atoms with E-state index in [0.29, 0.717) is 19.3 Å². The Bertz CT molecular complexity index is 2590. The minimum absolute atomic E-state index is 0.0735. The summed E-state index contributed by atoms with van der Waals surface area (Å²) in [4.78, 5) is 58.8. The van der Waals surface area contributed by atoms with E-state index in [2.05, 4.69) is 191 Å². The van der Waals surface area contributed by atoms with Gasteiger partial charge in [-0.25, -0.2) is 9.13 Å². The molecule has 598 valence electrons. The molecule has 0 amide bonds. The van der Waals surface area contributed by atoms with Gasteiger partial charge in [0.1, 0.15) is 25.4 Å². The topological polar surface area (TPSA) is 231 Å². The smallest absolute Gasteiger partial charge is 0.463 e. The molecule has 0 heterocycles. The van der Waals surface area contributed by atoms with Crippen LogP contribution in [0.5, 0.6) is 0 Å². The molecule has 0 spiro atoms. The Morgan fingerprint density at radius 2 is 0.505 bits per heavy atom. The van der Waals surface area contributed by atoms with Crippen LogP contribution < -0.4 is 0 Å². The summed E-state index contributed by atoms with van der Waals surface area (Å²) < 4.78 is 61.2. The third kappa shape index (κ3) is 79.8. The van der Waals surface area contributed by atoms with Gasteiger partial charge >= 0.3 is 33.6 Å². The van der Waals surface area contributed by atoms with Crippen molar-refractivity contribution in [2.24, 2.45) is 0 Å². The van der Waals surface area contributed by atoms with Crippen molar-refractivity contribution in [1.82, 2.24) is 0 Å². The van der Waals surface area contributed by atoms with Gasteiger partial charge in [-0.05, 0) is 154 Å². The number of unbranched alkanes of at least 4 members (excludes halogenated alkanes) is 24. The van der Waals surface area contributed by atoms with Crippen molar-refractivity contribution in [2.45, 2.75) is 322 Å². The first-order valence-electron chi connectivity index (χ1n) is 40.4. The average Bonchev–Trinajstić information content (AvgIpc) is 0.963. The van der Waals surface area contributed by atoms with Crippen molar-refractivity contribution in [2.75, 3.05) is 39.6 Å². The van der Waals surface area contributed by atoms with Crippen molar-refractivity contribution < 1.29 is 75.8 Å². The first kappa shape index (κ1) is 99.9. The Labute approximate surface area is 637 Å². The van der Waals surface area contributed by atoms with Crippen LogP contribution in [0.4, 0.5) is 0 Å². The van der Waals surface area contributed by atoms with Gasteiger partial charge in [0.2, 0.25) is 0 Å². The third-order valence-corrected chi connectivity index (χ3v) is 18.3. The van der Waals surface area contributed by atoms with Crippen molar-refractivity contribution in [3.63, 3.8) is 0 Å². The number of carbonyl (C=O) groups excluding carboxylic acids is 3. The number of esters is 3. The van der Waals surface area contributed by atoms with E-state index in [-0.39, 0.29) is 19.3 Å². The highest BCUT2D eigenvalue weighted by atomic mass is 31.2. The van der Waals surface area contributed by atoms with E-state index in [4.69, 9.17) is 32.3 Å².